The molecular weight excluding hydrogens is 200 g/mol. The van der Waals surface area contributed by atoms with Gasteiger partial charge in [0.25, 0.3) is 5.91 Å². The Balaban J connectivity index is 2.20. The minimum absolute atomic E-state index is 0.111. The molecule has 0 bridgehead atoms. The van der Waals surface area contributed by atoms with Crippen LogP contribution in [-0.2, 0) is 0 Å². The summed E-state index contributed by atoms with van der Waals surface area (Å²) >= 11 is 0. The molecule has 1 aliphatic rings. The predicted octanol–water partition coefficient (Wildman–Crippen LogP) is 1.48. The van der Waals surface area contributed by atoms with Gasteiger partial charge in [0.15, 0.2) is 0 Å². The third-order valence-electron chi connectivity index (χ3n) is 2.98. The SMILES string of the molecule is Cc1cc(C)cc(C(=O)N2CC[C@@H](N)C2)c1. The second-order valence-corrected chi connectivity index (χ2v) is 4.68. The van der Waals surface area contributed by atoms with E-state index in [-0.39, 0.29) is 11.9 Å². The van der Waals surface area contributed by atoms with Crippen molar-refractivity contribution in [2.24, 2.45) is 5.73 Å². The number of nitrogens with zero attached hydrogens (tertiary/aromatic N) is 1. The zero-order valence-electron chi connectivity index (χ0n) is 9.86. The molecule has 2 N–H and O–H groups in total. The largest absolute Gasteiger partial charge is 0.337 e. The van der Waals surface area contributed by atoms with Crippen LogP contribution in [0, 0.1) is 13.8 Å². The number of rotatable bonds is 1. The zero-order valence-corrected chi connectivity index (χ0v) is 9.86. The van der Waals surface area contributed by atoms with Crippen LogP contribution < -0.4 is 5.73 Å². The number of benzene rings is 1. The van der Waals surface area contributed by atoms with Gasteiger partial charge in [0.05, 0.1) is 0 Å². The maximum Gasteiger partial charge on any atom is 0.253 e. The highest BCUT2D eigenvalue weighted by molar-refractivity contribution is 5.94. The van der Waals surface area contributed by atoms with Crippen LogP contribution in [0.3, 0.4) is 0 Å². The Bertz CT molecular complexity index is 394. The number of hydrogen-bond donors (Lipinski definition) is 1. The maximum absolute atomic E-state index is 12.2. The van der Waals surface area contributed by atoms with Gasteiger partial charge in [0.2, 0.25) is 0 Å². The van der Waals surface area contributed by atoms with E-state index in [0.717, 1.165) is 29.7 Å². The van der Waals surface area contributed by atoms with Crippen molar-refractivity contribution in [3.8, 4) is 0 Å². The number of aryl methyl sites for hydroxylation is 2. The van der Waals surface area contributed by atoms with Crippen molar-refractivity contribution in [3.05, 3.63) is 34.9 Å². The Morgan fingerprint density at radius 1 is 1.31 bits per heavy atom. The smallest absolute Gasteiger partial charge is 0.253 e. The van der Waals surface area contributed by atoms with E-state index >= 15 is 0 Å². The van der Waals surface area contributed by atoms with E-state index in [0.29, 0.717) is 6.54 Å². The average Bonchev–Trinajstić information content (AvgIpc) is 2.62. The molecule has 2 rings (SSSR count). The molecule has 0 radical (unpaired) electrons. The molecule has 1 aromatic rings. The first-order chi connectivity index (χ1) is 7.56. The highest BCUT2D eigenvalue weighted by Crippen LogP contribution is 2.15. The second-order valence-electron chi connectivity index (χ2n) is 4.68. The minimum atomic E-state index is 0.111. The Kier molecular flexibility index (Phi) is 2.97. The fourth-order valence-corrected chi connectivity index (χ4v) is 2.25. The Morgan fingerprint density at radius 3 is 2.44 bits per heavy atom. The lowest BCUT2D eigenvalue weighted by atomic mass is 10.1. The van der Waals surface area contributed by atoms with Crippen molar-refractivity contribution in [1.82, 2.24) is 4.90 Å². The van der Waals surface area contributed by atoms with Crippen molar-refractivity contribution in [1.29, 1.82) is 0 Å². The lowest BCUT2D eigenvalue weighted by Crippen LogP contribution is -2.31. The van der Waals surface area contributed by atoms with Gasteiger partial charge in [-0.05, 0) is 32.4 Å². The summed E-state index contributed by atoms with van der Waals surface area (Å²) in [5.74, 6) is 0.111. The van der Waals surface area contributed by atoms with E-state index in [1.54, 1.807) is 0 Å². The molecule has 1 fully saturated rings. The normalized spacial score (nSPS) is 20.2. The van der Waals surface area contributed by atoms with Gasteiger partial charge in [-0.2, -0.15) is 0 Å². The number of carbonyl (C=O) groups is 1. The molecule has 0 unspecified atom stereocenters. The molecule has 1 aliphatic heterocycles. The molecule has 0 spiro atoms. The van der Waals surface area contributed by atoms with Gasteiger partial charge in [-0.25, -0.2) is 0 Å². The topological polar surface area (TPSA) is 46.3 Å². The van der Waals surface area contributed by atoms with Crippen LogP contribution in [0.2, 0.25) is 0 Å². The third kappa shape index (κ3) is 2.25. The van der Waals surface area contributed by atoms with Crippen LogP contribution in [0.5, 0.6) is 0 Å². The molecule has 86 valence electrons. The summed E-state index contributed by atoms with van der Waals surface area (Å²) in [5, 5.41) is 0. The Morgan fingerprint density at radius 2 is 1.94 bits per heavy atom. The highest BCUT2D eigenvalue weighted by Gasteiger charge is 2.24. The number of nitrogens with two attached hydrogens (primary N) is 1. The van der Waals surface area contributed by atoms with Crippen LogP contribution in [0.4, 0.5) is 0 Å². The third-order valence-corrected chi connectivity index (χ3v) is 2.98. The van der Waals surface area contributed by atoms with Gasteiger partial charge in [0.1, 0.15) is 0 Å². The summed E-state index contributed by atoms with van der Waals surface area (Å²) in [5.41, 5.74) is 8.85. The van der Waals surface area contributed by atoms with Crippen LogP contribution in [0.1, 0.15) is 27.9 Å². The van der Waals surface area contributed by atoms with Gasteiger partial charge in [-0.15, -0.1) is 0 Å². The average molecular weight is 218 g/mol. The van der Waals surface area contributed by atoms with E-state index < -0.39 is 0 Å². The zero-order chi connectivity index (χ0) is 11.7. The van der Waals surface area contributed by atoms with Gasteiger partial charge in [-0.3, -0.25) is 4.79 Å². The molecule has 1 heterocycles. The van der Waals surface area contributed by atoms with Gasteiger partial charge >= 0.3 is 0 Å². The van der Waals surface area contributed by atoms with E-state index in [9.17, 15) is 4.79 Å². The Hall–Kier alpha value is -1.35. The molecule has 1 amide bonds. The second kappa shape index (κ2) is 4.26. The Labute approximate surface area is 96.2 Å². The monoisotopic (exact) mass is 218 g/mol. The molecule has 0 aliphatic carbocycles. The van der Waals surface area contributed by atoms with Crippen LogP contribution in [0.25, 0.3) is 0 Å². The van der Waals surface area contributed by atoms with Crippen molar-refractivity contribution in [2.75, 3.05) is 13.1 Å². The molecule has 1 saturated heterocycles. The number of likely N-dealkylation sites (tertiary alicyclic amines) is 1. The lowest BCUT2D eigenvalue weighted by molar-refractivity contribution is 0.0790. The first-order valence-electron chi connectivity index (χ1n) is 5.69. The molecule has 0 aromatic heterocycles. The fraction of sp³-hybridized carbons (Fsp3) is 0.462. The first-order valence-corrected chi connectivity index (χ1v) is 5.69. The summed E-state index contributed by atoms with van der Waals surface area (Å²) in [6.45, 7) is 5.50. The van der Waals surface area contributed by atoms with Crippen molar-refractivity contribution < 1.29 is 4.79 Å². The quantitative estimate of drug-likeness (QED) is 0.776. The van der Waals surface area contributed by atoms with Crippen molar-refractivity contribution >= 4 is 5.91 Å². The standard InChI is InChI=1S/C13H18N2O/c1-9-5-10(2)7-11(6-9)13(16)15-4-3-12(14)8-15/h5-7,12H,3-4,8,14H2,1-2H3/t12-/m1/s1. The number of hydrogen-bond acceptors (Lipinski definition) is 2. The van der Waals surface area contributed by atoms with Gasteiger partial charge in [-0.1, -0.05) is 17.2 Å². The molecule has 1 aromatic carbocycles. The van der Waals surface area contributed by atoms with Crippen LogP contribution >= 0.6 is 0 Å². The van der Waals surface area contributed by atoms with Crippen LogP contribution in [-0.4, -0.2) is 29.9 Å². The number of carbonyl (C=O) groups excluding carboxylic acids is 1. The maximum atomic E-state index is 12.2. The summed E-state index contributed by atoms with van der Waals surface area (Å²) in [7, 11) is 0. The fourth-order valence-electron chi connectivity index (χ4n) is 2.25. The van der Waals surface area contributed by atoms with Crippen LogP contribution in [0.15, 0.2) is 18.2 Å². The molecular formula is C13H18N2O. The van der Waals surface area contributed by atoms with E-state index in [1.165, 1.54) is 0 Å². The summed E-state index contributed by atoms with van der Waals surface area (Å²) in [4.78, 5) is 14.0. The predicted molar refractivity (Wildman–Crippen MR) is 64.4 cm³/mol. The molecule has 3 nitrogen and oxygen atoms in total. The van der Waals surface area contributed by atoms with Gasteiger partial charge in [0, 0.05) is 24.7 Å². The van der Waals surface area contributed by atoms with E-state index in [1.807, 2.05) is 30.9 Å². The highest BCUT2D eigenvalue weighted by atomic mass is 16.2. The van der Waals surface area contributed by atoms with Crippen molar-refractivity contribution in [2.45, 2.75) is 26.3 Å². The minimum Gasteiger partial charge on any atom is -0.337 e. The molecule has 3 heteroatoms. The molecule has 0 saturated carbocycles. The van der Waals surface area contributed by atoms with E-state index in [2.05, 4.69) is 6.07 Å². The van der Waals surface area contributed by atoms with E-state index in [4.69, 9.17) is 5.73 Å². The number of amides is 1. The molecule has 1 atom stereocenters. The molecule has 16 heavy (non-hydrogen) atoms. The summed E-state index contributed by atoms with van der Waals surface area (Å²) in [6, 6.07) is 6.11. The van der Waals surface area contributed by atoms with Gasteiger partial charge < -0.3 is 10.6 Å². The first kappa shape index (κ1) is 11.1. The van der Waals surface area contributed by atoms with Crippen molar-refractivity contribution in [3.63, 3.8) is 0 Å². The lowest BCUT2D eigenvalue weighted by Gasteiger charge is -2.16. The summed E-state index contributed by atoms with van der Waals surface area (Å²) in [6.07, 6.45) is 0.913. The summed E-state index contributed by atoms with van der Waals surface area (Å²) < 4.78 is 0.